The first-order valence-corrected chi connectivity index (χ1v) is 6.72. The zero-order valence-corrected chi connectivity index (χ0v) is 11.7. The highest BCUT2D eigenvalue weighted by Gasteiger charge is 2.22. The zero-order chi connectivity index (χ0) is 13.8. The van der Waals surface area contributed by atoms with Crippen LogP contribution in [0.4, 0.5) is 11.9 Å². The summed E-state index contributed by atoms with van der Waals surface area (Å²) in [6.45, 7) is 2.42. The van der Waals surface area contributed by atoms with E-state index in [1.54, 1.807) is 0 Å². The Morgan fingerprint density at radius 1 is 1.26 bits per heavy atom. The number of rotatable bonds is 4. The topological polar surface area (TPSA) is 97.2 Å². The lowest BCUT2D eigenvalue weighted by Crippen LogP contribution is -2.43. The lowest BCUT2D eigenvalue weighted by atomic mass is 10.0. The Kier molecular flexibility index (Phi) is 4.49. The molecule has 4 N–H and O–H groups in total. The number of anilines is 2. The van der Waals surface area contributed by atoms with Gasteiger partial charge in [-0.25, -0.2) is 0 Å². The highest BCUT2D eigenvalue weighted by molar-refractivity contribution is 5.32. The molecule has 0 bridgehead atoms. The Morgan fingerprint density at radius 2 is 2.05 bits per heavy atom. The third-order valence-corrected chi connectivity index (χ3v) is 3.45. The van der Waals surface area contributed by atoms with Gasteiger partial charge >= 0.3 is 0 Å². The van der Waals surface area contributed by atoms with E-state index in [4.69, 9.17) is 11.5 Å². The smallest absolute Gasteiger partial charge is 0.229 e. The van der Waals surface area contributed by atoms with Gasteiger partial charge in [-0.2, -0.15) is 15.0 Å². The molecule has 0 spiro atoms. The lowest BCUT2D eigenvalue weighted by Gasteiger charge is -2.34. The van der Waals surface area contributed by atoms with Crippen LogP contribution in [0.15, 0.2) is 0 Å². The van der Waals surface area contributed by atoms with Gasteiger partial charge in [-0.1, -0.05) is 6.42 Å². The van der Waals surface area contributed by atoms with Crippen molar-refractivity contribution in [1.82, 2.24) is 19.9 Å². The van der Waals surface area contributed by atoms with E-state index >= 15 is 0 Å². The molecular weight excluding hydrogens is 242 g/mol. The minimum atomic E-state index is 0.273. The largest absolute Gasteiger partial charge is 0.368 e. The fourth-order valence-corrected chi connectivity index (χ4v) is 2.41. The van der Waals surface area contributed by atoms with E-state index in [9.17, 15) is 0 Å². The van der Waals surface area contributed by atoms with Crippen LogP contribution < -0.4 is 16.4 Å². The van der Waals surface area contributed by atoms with Crippen LogP contribution in [0.5, 0.6) is 0 Å². The van der Waals surface area contributed by atoms with Crippen molar-refractivity contribution < 1.29 is 0 Å². The van der Waals surface area contributed by atoms with Crippen molar-refractivity contribution in [1.29, 1.82) is 0 Å². The van der Waals surface area contributed by atoms with Crippen molar-refractivity contribution in [2.24, 2.45) is 5.73 Å². The summed E-state index contributed by atoms with van der Waals surface area (Å²) < 4.78 is 0. The molecule has 0 radical (unpaired) electrons. The molecule has 0 aliphatic carbocycles. The Bertz CT molecular complexity index is 421. The molecule has 0 saturated carbocycles. The first-order valence-electron chi connectivity index (χ1n) is 6.72. The second-order valence-electron chi connectivity index (χ2n) is 5.16. The van der Waals surface area contributed by atoms with Gasteiger partial charge in [0.15, 0.2) is 0 Å². The number of likely N-dealkylation sites (tertiary alicyclic amines) is 1. The number of piperidine rings is 1. The van der Waals surface area contributed by atoms with Crippen LogP contribution in [0.25, 0.3) is 0 Å². The molecule has 1 aliphatic heterocycles. The third kappa shape index (κ3) is 3.51. The highest BCUT2D eigenvalue weighted by atomic mass is 15.3. The molecule has 0 amide bonds. The van der Waals surface area contributed by atoms with Crippen molar-refractivity contribution >= 4 is 11.9 Å². The summed E-state index contributed by atoms with van der Waals surface area (Å²) in [6, 6.07) is 0.426. The fraction of sp³-hybridized carbons (Fsp3) is 0.750. The SMILES string of the molecule is CN(C)c1nc(N)nc(CN2CCCCC2CN)n1. The third-order valence-electron chi connectivity index (χ3n) is 3.45. The Hall–Kier alpha value is -1.47. The Morgan fingerprint density at radius 3 is 2.74 bits per heavy atom. The van der Waals surface area contributed by atoms with Gasteiger partial charge in [-0.15, -0.1) is 0 Å². The van der Waals surface area contributed by atoms with Crippen molar-refractivity contribution in [3.05, 3.63) is 5.82 Å². The molecule has 0 aromatic carbocycles. The summed E-state index contributed by atoms with van der Waals surface area (Å²) in [7, 11) is 3.78. The summed E-state index contributed by atoms with van der Waals surface area (Å²) in [4.78, 5) is 16.9. The number of nitrogens with zero attached hydrogens (tertiary/aromatic N) is 5. The van der Waals surface area contributed by atoms with Gasteiger partial charge in [-0.05, 0) is 19.4 Å². The van der Waals surface area contributed by atoms with Crippen molar-refractivity contribution in [3.63, 3.8) is 0 Å². The number of aromatic nitrogens is 3. The van der Waals surface area contributed by atoms with E-state index < -0.39 is 0 Å². The average molecular weight is 265 g/mol. The summed E-state index contributed by atoms with van der Waals surface area (Å²) in [5, 5.41) is 0. The average Bonchev–Trinajstić information content (AvgIpc) is 2.38. The molecule has 19 heavy (non-hydrogen) atoms. The van der Waals surface area contributed by atoms with Gasteiger partial charge in [0.05, 0.1) is 6.54 Å². The Labute approximate surface area is 114 Å². The standard InChI is InChI=1S/C12H23N7/c1-18(2)12-16-10(15-11(14)17-12)8-19-6-4-3-5-9(19)7-13/h9H,3-8,13H2,1-2H3,(H2,14,15,16,17). The van der Waals surface area contributed by atoms with Crippen LogP contribution in [-0.4, -0.2) is 53.1 Å². The zero-order valence-electron chi connectivity index (χ0n) is 11.7. The highest BCUT2D eigenvalue weighted by Crippen LogP contribution is 2.18. The summed E-state index contributed by atoms with van der Waals surface area (Å²) in [6.07, 6.45) is 3.61. The number of hydrogen-bond acceptors (Lipinski definition) is 7. The van der Waals surface area contributed by atoms with Crippen LogP contribution in [0.3, 0.4) is 0 Å². The van der Waals surface area contributed by atoms with Crippen LogP contribution in [-0.2, 0) is 6.54 Å². The minimum Gasteiger partial charge on any atom is -0.368 e. The van der Waals surface area contributed by atoms with E-state index in [-0.39, 0.29) is 5.95 Å². The summed E-state index contributed by atoms with van der Waals surface area (Å²) >= 11 is 0. The van der Waals surface area contributed by atoms with Crippen molar-refractivity contribution in [2.45, 2.75) is 31.8 Å². The quantitative estimate of drug-likeness (QED) is 0.780. The van der Waals surface area contributed by atoms with E-state index in [2.05, 4.69) is 19.9 Å². The summed E-state index contributed by atoms with van der Waals surface area (Å²) in [5.74, 6) is 1.59. The van der Waals surface area contributed by atoms with Crippen LogP contribution >= 0.6 is 0 Å². The molecule has 1 atom stereocenters. The molecule has 1 saturated heterocycles. The Balaban J connectivity index is 2.13. The molecule has 1 aromatic heterocycles. The molecular formula is C12H23N7. The fourth-order valence-electron chi connectivity index (χ4n) is 2.41. The molecule has 1 unspecified atom stereocenters. The van der Waals surface area contributed by atoms with E-state index in [0.29, 0.717) is 25.1 Å². The minimum absolute atomic E-state index is 0.273. The molecule has 106 valence electrons. The van der Waals surface area contributed by atoms with Gasteiger partial charge in [-0.3, -0.25) is 4.90 Å². The normalized spacial score (nSPS) is 20.5. The second-order valence-corrected chi connectivity index (χ2v) is 5.16. The second kappa shape index (κ2) is 6.12. The monoisotopic (exact) mass is 265 g/mol. The van der Waals surface area contributed by atoms with E-state index in [1.807, 2.05) is 19.0 Å². The summed E-state index contributed by atoms with van der Waals surface area (Å²) in [5.41, 5.74) is 11.6. The molecule has 2 heterocycles. The first kappa shape index (κ1) is 14.0. The molecule has 7 heteroatoms. The van der Waals surface area contributed by atoms with Gasteiger partial charge in [0, 0.05) is 26.7 Å². The maximum absolute atomic E-state index is 5.83. The molecule has 1 fully saturated rings. The number of hydrogen-bond donors (Lipinski definition) is 2. The van der Waals surface area contributed by atoms with Crippen LogP contribution in [0.2, 0.25) is 0 Å². The van der Waals surface area contributed by atoms with Crippen molar-refractivity contribution in [3.8, 4) is 0 Å². The van der Waals surface area contributed by atoms with Gasteiger partial charge in [0.25, 0.3) is 0 Å². The van der Waals surface area contributed by atoms with Crippen molar-refractivity contribution in [2.75, 3.05) is 37.8 Å². The van der Waals surface area contributed by atoms with Crippen LogP contribution in [0, 0.1) is 0 Å². The van der Waals surface area contributed by atoms with E-state index in [0.717, 1.165) is 18.8 Å². The number of nitrogen functional groups attached to an aromatic ring is 1. The lowest BCUT2D eigenvalue weighted by molar-refractivity contribution is 0.141. The van der Waals surface area contributed by atoms with E-state index in [1.165, 1.54) is 12.8 Å². The molecule has 2 rings (SSSR count). The molecule has 1 aliphatic rings. The predicted molar refractivity (Wildman–Crippen MR) is 75.7 cm³/mol. The first-order chi connectivity index (χ1) is 9.10. The van der Waals surface area contributed by atoms with Gasteiger partial charge < -0.3 is 16.4 Å². The maximum Gasteiger partial charge on any atom is 0.229 e. The predicted octanol–water partition coefficient (Wildman–Crippen LogP) is -0.167. The molecule has 7 nitrogen and oxygen atoms in total. The van der Waals surface area contributed by atoms with Gasteiger partial charge in [0.2, 0.25) is 11.9 Å². The van der Waals surface area contributed by atoms with Gasteiger partial charge in [0.1, 0.15) is 5.82 Å². The maximum atomic E-state index is 5.83. The molecule has 1 aromatic rings. The number of nitrogens with two attached hydrogens (primary N) is 2. The van der Waals surface area contributed by atoms with Crippen LogP contribution in [0.1, 0.15) is 25.1 Å².